The Kier molecular flexibility index (Phi) is 3.77. The van der Waals surface area contributed by atoms with E-state index < -0.39 is 0 Å². The summed E-state index contributed by atoms with van der Waals surface area (Å²) in [5.41, 5.74) is 5.52. The van der Waals surface area contributed by atoms with Gasteiger partial charge in [0.15, 0.2) is 0 Å². The SMILES string of the molecule is C=Nc1c(/C=C\C)n(-c2ccncc2)c2c1c1cnccc1c1oc3ccccc3c12. The van der Waals surface area contributed by atoms with Crippen LogP contribution in [0.3, 0.4) is 0 Å². The van der Waals surface area contributed by atoms with Crippen LogP contribution in [0, 0.1) is 0 Å². The standard InChI is InChI=1S/C26H18N4O/c1-3-6-20-24(27-2)22-19-15-29-14-11-17(19)26-23(18-7-4-5-8-21(18)31-26)25(22)30(20)16-9-12-28-13-10-16/h3-15H,2H2,1H3/b6-3-. The molecule has 0 aliphatic heterocycles. The molecule has 0 amide bonds. The van der Waals surface area contributed by atoms with Crippen LogP contribution in [0.1, 0.15) is 12.6 Å². The van der Waals surface area contributed by atoms with Crippen molar-refractivity contribution >= 4 is 62.1 Å². The van der Waals surface area contributed by atoms with Crippen molar-refractivity contribution in [3.63, 3.8) is 0 Å². The van der Waals surface area contributed by atoms with Gasteiger partial charge in [0.1, 0.15) is 11.2 Å². The van der Waals surface area contributed by atoms with E-state index in [-0.39, 0.29) is 0 Å². The van der Waals surface area contributed by atoms with E-state index in [1.54, 1.807) is 18.6 Å². The van der Waals surface area contributed by atoms with Crippen molar-refractivity contribution in [2.75, 3.05) is 0 Å². The number of hydrogen-bond donors (Lipinski definition) is 0. The van der Waals surface area contributed by atoms with Crippen molar-refractivity contribution in [1.29, 1.82) is 0 Å². The minimum atomic E-state index is 0.829. The number of rotatable bonds is 3. The summed E-state index contributed by atoms with van der Waals surface area (Å²) >= 11 is 0. The lowest BCUT2D eigenvalue weighted by molar-refractivity contribution is 0.673. The summed E-state index contributed by atoms with van der Waals surface area (Å²) < 4.78 is 8.61. The number of hydrogen-bond acceptors (Lipinski definition) is 4. The Morgan fingerprint density at radius 2 is 1.74 bits per heavy atom. The molecule has 0 radical (unpaired) electrons. The van der Waals surface area contributed by atoms with Crippen LogP contribution in [0.15, 0.2) is 82.7 Å². The first kappa shape index (κ1) is 17.6. The minimum Gasteiger partial charge on any atom is -0.455 e. The third-order valence-electron chi connectivity index (χ3n) is 5.75. The van der Waals surface area contributed by atoms with Gasteiger partial charge in [0.05, 0.1) is 22.3 Å². The monoisotopic (exact) mass is 402 g/mol. The number of nitrogens with zero attached hydrogens (tertiary/aromatic N) is 4. The van der Waals surface area contributed by atoms with Crippen LogP contribution in [-0.2, 0) is 0 Å². The highest BCUT2D eigenvalue weighted by Crippen LogP contribution is 2.47. The van der Waals surface area contributed by atoms with Crippen LogP contribution in [-0.4, -0.2) is 21.3 Å². The summed E-state index contributed by atoms with van der Waals surface area (Å²) in [5, 5.41) is 5.14. The molecule has 4 aromatic heterocycles. The molecule has 31 heavy (non-hydrogen) atoms. The zero-order chi connectivity index (χ0) is 20.9. The van der Waals surface area contributed by atoms with Gasteiger partial charge in [0, 0.05) is 52.0 Å². The zero-order valence-corrected chi connectivity index (χ0v) is 16.9. The van der Waals surface area contributed by atoms with Gasteiger partial charge in [-0.2, -0.15) is 0 Å². The molecule has 0 aliphatic rings. The first-order valence-corrected chi connectivity index (χ1v) is 10.1. The lowest BCUT2D eigenvalue weighted by Gasteiger charge is -2.10. The third-order valence-corrected chi connectivity index (χ3v) is 5.75. The highest BCUT2D eigenvalue weighted by molar-refractivity contribution is 6.32. The Hall–Kier alpha value is -4.25. The fourth-order valence-corrected chi connectivity index (χ4v) is 4.56. The zero-order valence-electron chi connectivity index (χ0n) is 16.9. The summed E-state index contributed by atoms with van der Waals surface area (Å²) in [7, 11) is 0. The second-order valence-corrected chi connectivity index (χ2v) is 7.38. The van der Waals surface area contributed by atoms with Gasteiger partial charge >= 0.3 is 0 Å². The van der Waals surface area contributed by atoms with Crippen LogP contribution in [0.4, 0.5) is 5.69 Å². The number of aromatic nitrogens is 3. The quantitative estimate of drug-likeness (QED) is 0.305. The van der Waals surface area contributed by atoms with Gasteiger partial charge < -0.3 is 8.98 Å². The molecule has 5 nitrogen and oxygen atoms in total. The van der Waals surface area contributed by atoms with Gasteiger partial charge in [-0.3, -0.25) is 15.0 Å². The number of furan rings is 1. The average Bonchev–Trinajstić information content (AvgIpc) is 3.36. The maximum absolute atomic E-state index is 6.39. The normalized spacial score (nSPS) is 12.0. The van der Waals surface area contributed by atoms with E-state index >= 15 is 0 Å². The molecule has 0 N–H and O–H groups in total. The van der Waals surface area contributed by atoms with E-state index in [9.17, 15) is 0 Å². The topological polar surface area (TPSA) is 56.2 Å². The predicted molar refractivity (Wildman–Crippen MR) is 128 cm³/mol. The summed E-state index contributed by atoms with van der Waals surface area (Å²) in [6, 6.07) is 14.2. The van der Waals surface area contributed by atoms with E-state index in [4.69, 9.17) is 4.42 Å². The van der Waals surface area contributed by atoms with Crippen LogP contribution in [0.25, 0.3) is 55.4 Å². The number of fused-ring (bicyclic) bond motifs is 8. The molecule has 4 heterocycles. The number of benzene rings is 2. The number of allylic oxidation sites excluding steroid dienone is 1. The van der Waals surface area contributed by atoms with Crippen LogP contribution >= 0.6 is 0 Å². The second-order valence-electron chi connectivity index (χ2n) is 7.38. The van der Waals surface area contributed by atoms with Gasteiger partial charge in [-0.15, -0.1) is 0 Å². The number of pyridine rings is 2. The Bertz CT molecular complexity index is 1660. The van der Waals surface area contributed by atoms with Crippen molar-refractivity contribution in [1.82, 2.24) is 14.5 Å². The lowest BCUT2D eigenvalue weighted by Crippen LogP contribution is -1.97. The summed E-state index contributed by atoms with van der Waals surface area (Å²) in [4.78, 5) is 13.1. The smallest absolute Gasteiger partial charge is 0.145 e. The highest BCUT2D eigenvalue weighted by atomic mass is 16.3. The summed E-state index contributed by atoms with van der Waals surface area (Å²) in [5.74, 6) is 0. The molecule has 148 valence electrons. The van der Waals surface area contributed by atoms with Gasteiger partial charge in [-0.1, -0.05) is 24.3 Å². The van der Waals surface area contributed by atoms with Crippen LogP contribution < -0.4 is 0 Å². The maximum Gasteiger partial charge on any atom is 0.145 e. The Balaban J connectivity index is 2.02. The molecule has 0 aliphatic carbocycles. The minimum absolute atomic E-state index is 0.829. The van der Waals surface area contributed by atoms with Gasteiger partial charge in [0.2, 0.25) is 0 Å². The molecule has 0 spiro atoms. The largest absolute Gasteiger partial charge is 0.455 e. The maximum atomic E-state index is 6.39. The summed E-state index contributed by atoms with van der Waals surface area (Å²) in [6.07, 6.45) is 11.4. The first-order valence-electron chi connectivity index (χ1n) is 10.1. The third kappa shape index (κ3) is 2.34. The van der Waals surface area contributed by atoms with E-state index in [0.29, 0.717) is 0 Å². The Labute approximate surface area is 178 Å². The summed E-state index contributed by atoms with van der Waals surface area (Å²) in [6.45, 7) is 5.92. The number of aliphatic imine (C=N–C) groups is 1. The molecule has 6 rings (SSSR count). The van der Waals surface area contributed by atoms with E-state index in [1.807, 2.05) is 55.6 Å². The molecular weight excluding hydrogens is 384 g/mol. The molecule has 0 bridgehead atoms. The van der Waals surface area contributed by atoms with Crippen molar-refractivity contribution in [3.05, 3.63) is 79.0 Å². The van der Waals surface area contributed by atoms with Crippen LogP contribution in [0.2, 0.25) is 0 Å². The van der Waals surface area contributed by atoms with Crippen molar-refractivity contribution in [2.24, 2.45) is 4.99 Å². The van der Waals surface area contributed by atoms with Crippen molar-refractivity contribution in [3.8, 4) is 5.69 Å². The van der Waals surface area contributed by atoms with Gasteiger partial charge in [0.25, 0.3) is 0 Å². The van der Waals surface area contributed by atoms with Gasteiger partial charge in [-0.05, 0) is 44.0 Å². The fourth-order valence-electron chi connectivity index (χ4n) is 4.56. The van der Waals surface area contributed by atoms with Crippen LogP contribution in [0.5, 0.6) is 0 Å². The molecule has 2 aromatic carbocycles. The van der Waals surface area contributed by atoms with E-state index in [2.05, 4.69) is 38.4 Å². The van der Waals surface area contributed by atoms with Crippen molar-refractivity contribution < 1.29 is 4.42 Å². The molecule has 5 heteroatoms. The Morgan fingerprint density at radius 1 is 0.935 bits per heavy atom. The van der Waals surface area contributed by atoms with E-state index in [0.717, 1.165) is 60.7 Å². The highest BCUT2D eigenvalue weighted by Gasteiger charge is 2.24. The van der Waals surface area contributed by atoms with E-state index in [1.165, 1.54) is 0 Å². The molecule has 0 saturated carbocycles. The Morgan fingerprint density at radius 3 is 2.55 bits per heavy atom. The molecule has 6 aromatic rings. The van der Waals surface area contributed by atoms with Crippen molar-refractivity contribution in [2.45, 2.75) is 6.92 Å². The van der Waals surface area contributed by atoms with Gasteiger partial charge in [-0.25, -0.2) is 0 Å². The number of para-hydroxylation sites is 1. The average molecular weight is 402 g/mol. The molecule has 0 saturated heterocycles. The predicted octanol–water partition coefficient (Wildman–Crippen LogP) is 6.84. The lowest BCUT2D eigenvalue weighted by atomic mass is 10.0. The second kappa shape index (κ2) is 6.64. The first-order chi connectivity index (χ1) is 15.3. The molecule has 0 atom stereocenters. The fraction of sp³-hybridized carbons (Fsp3) is 0.0385. The molecular formula is C26H18N4O. The molecule has 0 unspecified atom stereocenters. The molecule has 0 fully saturated rings.